The third-order valence-corrected chi connectivity index (χ3v) is 13.1. The van der Waals surface area contributed by atoms with Crippen LogP contribution in [-0.2, 0) is 28.6 Å². The quantitative estimate of drug-likeness (QED) is 0.0262. The molecule has 1 unspecified atom stereocenters. The van der Waals surface area contributed by atoms with E-state index in [0.29, 0.717) is 19.3 Å². The van der Waals surface area contributed by atoms with Gasteiger partial charge in [-0.05, 0) is 64.2 Å². The molecule has 0 bridgehead atoms. The fourth-order valence-corrected chi connectivity index (χ4v) is 8.64. The molecule has 0 aromatic heterocycles. The van der Waals surface area contributed by atoms with Crippen molar-refractivity contribution in [3.8, 4) is 0 Å². The van der Waals surface area contributed by atoms with E-state index in [1.54, 1.807) is 0 Å². The third kappa shape index (κ3) is 54.4. The van der Waals surface area contributed by atoms with E-state index in [0.717, 1.165) is 96.3 Å². The minimum Gasteiger partial charge on any atom is -0.462 e. The zero-order valence-corrected chi connectivity index (χ0v) is 44.9. The molecule has 1 atom stereocenters. The summed E-state index contributed by atoms with van der Waals surface area (Å²) in [7, 11) is 0. The number of carbonyl (C=O) groups excluding carboxylic acids is 3. The number of hydrogen-bond donors (Lipinski definition) is 0. The monoisotopic (exact) mass is 941 g/mol. The molecule has 0 N–H and O–H groups in total. The van der Waals surface area contributed by atoms with Crippen LogP contribution in [0.2, 0.25) is 0 Å². The minimum absolute atomic E-state index is 0.0773. The van der Waals surface area contributed by atoms with Gasteiger partial charge in [0.05, 0.1) is 0 Å². The maximum Gasteiger partial charge on any atom is 0.306 e. The molecule has 0 rings (SSSR count). The number of unbranched alkanes of at least 4 members (excludes halogenated alkanes) is 37. The number of esters is 3. The SMILES string of the molecule is CCC/C=C\C/C=C\CCCCCCCC(=O)OC(COC(=O)CCCCCCC/C=C\CCCC)COC(=O)CCCCCCCCCCCCCCCCCCCCCCCCCCC. The lowest BCUT2D eigenvalue weighted by atomic mass is 10.0. The fourth-order valence-electron chi connectivity index (χ4n) is 8.64. The second-order valence-corrected chi connectivity index (χ2v) is 19.9. The molecule has 0 aromatic rings. The van der Waals surface area contributed by atoms with E-state index in [9.17, 15) is 14.4 Å². The summed E-state index contributed by atoms with van der Waals surface area (Å²) in [5.74, 6) is -0.887. The Morgan fingerprint density at radius 1 is 0.299 bits per heavy atom. The van der Waals surface area contributed by atoms with Crippen molar-refractivity contribution in [1.82, 2.24) is 0 Å². The molecule has 392 valence electrons. The van der Waals surface area contributed by atoms with Gasteiger partial charge in [0.15, 0.2) is 6.10 Å². The van der Waals surface area contributed by atoms with E-state index in [-0.39, 0.29) is 31.1 Å². The molecule has 0 radical (unpaired) electrons. The maximum atomic E-state index is 12.8. The highest BCUT2D eigenvalue weighted by molar-refractivity contribution is 5.71. The number of rotatable bonds is 54. The summed E-state index contributed by atoms with van der Waals surface area (Å²) in [6.45, 7) is 6.56. The number of allylic oxidation sites excluding steroid dienone is 6. The Morgan fingerprint density at radius 3 is 0.940 bits per heavy atom. The molecule has 0 saturated heterocycles. The van der Waals surface area contributed by atoms with Crippen LogP contribution in [-0.4, -0.2) is 37.2 Å². The smallest absolute Gasteiger partial charge is 0.306 e. The Balaban J connectivity index is 4.17. The maximum absolute atomic E-state index is 12.8. The van der Waals surface area contributed by atoms with Gasteiger partial charge in [-0.3, -0.25) is 14.4 Å². The summed E-state index contributed by atoms with van der Waals surface area (Å²) < 4.78 is 16.8. The normalized spacial score (nSPS) is 12.2. The highest BCUT2D eigenvalue weighted by atomic mass is 16.6. The first-order valence-corrected chi connectivity index (χ1v) is 29.5. The first-order chi connectivity index (χ1) is 33.0. The van der Waals surface area contributed by atoms with Crippen molar-refractivity contribution in [1.29, 1.82) is 0 Å². The van der Waals surface area contributed by atoms with E-state index in [1.165, 1.54) is 180 Å². The van der Waals surface area contributed by atoms with Gasteiger partial charge in [-0.25, -0.2) is 0 Å². The van der Waals surface area contributed by atoms with E-state index in [1.807, 2.05) is 0 Å². The average Bonchev–Trinajstić information content (AvgIpc) is 3.33. The first-order valence-electron chi connectivity index (χ1n) is 29.5. The molecular weight excluding hydrogens is 829 g/mol. The van der Waals surface area contributed by atoms with Gasteiger partial charge >= 0.3 is 17.9 Å². The predicted molar refractivity (Wildman–Crippen MR) is 289 cm³/mol. The van der Waals surface area contributed by atoms with Crippen LogP contribution < -0.4 is 0 Å². The average molecular weight is 942 g/mol. The summed E-state index contributed by atoms with van der Waals surface area (Å²) in [5, 5.41) is 0. The minimum atomic E-state index is -0.779. The van der Waals surface area contributed by atoms with E-state index < -0.39 is 6.10 Å². The van der Waals surface area contributed by atoms with Crippen LogP contribution >= 0.6 is 0 Å². The molecule has 0 saturated carbocycles. The molecule has 0 spiro atoms. The molecule has 0 aliphatic carbocycles. The van der Waals surface area contributed by atoms with Crippen LogP contribution in [0.25, 0.3) is 0 Å². The molecule has 0 fully saturated rings. The summed E-state index contributed by atoms with van der Waals surface area (Å²) >= 11 is 0. The Hall–Kier alpha value is -2.37. The van der Waals surface area contributed by atoms with Gasteiger partial charge in [0.2, 0.25) is 0 Å². The van der Waals surface area contributed by atoms with Crippen molar-refractivity contribution < 1.29 is 28.6 Å². The van der Waals surface area contributed by atoms with Crippen LogP contribution in [0, 0.1) is 0 Å². The van der Waals surface area contributed by atoms with Gasteiger partial charge in [0.1, 0.15) is 13.2 Å². The molecule has 6 nitrogen and oxygen atoms in total. The lowest BCUT2D eigenvalue weighted by Crippen LogP contribution is -2.30. The number of ether oxygens (including phenoxy) is 3. The highest BCUT2D eigenvalue weighted by Crippen LogP contribution is 2.17. The lowest BCUT2D eigenvalue weighted by molar-refractivity contribution is -0.167. The first kappa shape index (κ1) is 64.6. The molecule has 6 heteroatoms. The predicted octanol–water partition coefficient (Wildman–Crippen LogP) is 19.7. The van der Waals surface area contributed by atoms with Gasteiger partial charge in [-0.2, -0.15) is 0 Å². The fraction of sp³-hybridized carbons (Fsp3) is 0.852. The second-order valence-electron chi connectivity index (χ2n) is 19.9. The Bertz CT molecular complexity index is 1130. The van der Waals surface area contributed by atoms with Gasteiger partial charge in [-0.1, -0.05) is 269 Å². The van der Waals surface area contributed by atoms with E-state index in [2.05, 4.69) is 57.2 Å². The highest BCUT2D eigenvalue weighted by Gasteiger charge is 2.19. The molecular formula is C61H112O6. The van der Waals surface area contributed by atoms with Crippen molar-refractivity contribution in [3.05, 3.63) is 36.5 Å². The molecule has 0 aliphatic rings. The summed E-state index contributed by atoms with van der Waals surface area (Å²) in [6, 6.07) is 0. The van der Waals surface area contributed by atoms with E-state index >= 15 is 0 Å². The van der Waals surface area contributed by atoms with Crippen molar-refractivity contribution in [2.24, 2.45) is 0 Å². The van der Waals surface area contributed by atoms with Crippen LogP contribution in [0.15, 0.2) is 36.5 Å². The Kier molecular flexibility index (Phi) is 54.2. The Morgan fingerprint density at radius 2 is 0.582 bits per heavy atom. The van der Waals surface area contributed by atoms with Crippen molar-refractivity contribution in [2.75, 3.05) is 13.2 Å². The Labute approximate surface area is 416 Å². The van der Waals surface area contributed by atoms with Crippen molar-refractivity contribution >= 4 is 17.9 Å². The largest absolute Gasteiger partial charge is 0.462 e. The van der Waals surface area contributed by atoms with Crippen LogP contribution in [0.1, 0.15) is 316 Å². The second kappa shape index (κ2) is 56.2. The molecule has 0 amide bonds. The van der Waals surface area contributed by atoms with Gasteiger partial charge in [0.25, 0.3) is 0 Å². The van der Waals surface area contributed by atoms with Gasteiger partial charge in [0, 0.05) is 19.3 Å². The van der Waals surface area contributed by atoms with Gasteiger partial charge < -0.3 is 14.2 Å². The summed E-state index contributed by atoms with van der Waals surface area (Å²) in [6.07, 6.45) is 67.3. The lowest BCUT2D eigenvalue weighted by Gasteiger charge is -2.18. The van der Waals surface area contributed by atoms with Crippen LogP contribution in [0.5, 0.6) is 0 Å². The van der Waals surface area contributed by atoms with E-state index in [4.69, 9.17) is 14.2 Å². The van der Waals surface area contributed by atoms with Gasteiger partial charge in [-0.15, -0.1) is 0 Å². The van der Waals surface area contributed by atoms with Crippen LogP contribution in [0.3, 0.4) is 0 Å². The third-order valence-electron chi connectivity index (χ3n) is 13.1. The zero-order valence-electron chi connectivity index (χ0n) is 44.9. The van der Waals surface area contributed by atoms with Crippen LogP contribution in [0.4, 0.5) is 0 Å². The topological polar surface area (TPSA) is 78.9 Å². The standard InChI is InChI=1S/C61H112O6/c1-4-7-10-13-16-19-22-24-25-26-27-28-29-30-31-32-33-34-35-37-39-42-45-48-51-54-60(63)66-57-58(56-65-59(62)53-50-47-44-41-38-21-18-15-12-9-6-3)67-61(64)55-52-49-46-43-40-36-23-20-17-14-11-8-5-2/h11,14-15,18,20,23,58H,4-10,12-13,16-17,19,21-22,24-57H2,1-3H3/b14-11-,18-15-,23-20-. The van der Waals surface area contributed by atoms with Crippen molar-refractivity contribution in [2.45, 2.75) is 322 Å². The number of hydrogen-bond acceptors (Lipinski definition) is 6. The molecule has 67 heavy (non-hydrogen) atoms. The van der Waals surface area contributed by atoms with Crippen molar-refractivity contribution in [3.63, 3.8) is 0 Å². The summed E-state index contributed by atoms with van der Waals surface area (Å²) in [4.78, 5) is 38.0. The summed E-state index contributed by atoms with van der Waals surface area (Å²) in [5.41, 5.74) is 0. The molecule has 0 heterocycles. The molecule has 0 aromatic carbocycles. The number of carbonyl (C=O) groups is 3. The zero-order chi connectivity index (χ0) is 48.6. The molecule has 0 aliphatic heterocycles.